The average Bonchev–Trinajstić information content (AvgIpc) is 2.88. The number of fused-ring (bicyclic) bond motifs is 1. The predicted octanol–water partition coefficient (Wildman–Crippen LogP) is 3.27. The van der Waals surface area contributed by atoms with Crippen LogP contribution < -0.4 is 15.5 Å². The summed E-state index contributed by atoms with van der Waals surface area (Å²) in [5, 5.41) is 5.74. The van der Waals surface area contributed by atoms with Crippen molar-refractivity contribution in [2.75, 3.05) is 30.3 Å². The van der Waals surface area contributed by atoms with Gasteiger partial charge in [0.1, 0.15) is 23.8 Å². The molecule has 11 heteroatoms. The Kier molecular flexibility index (Phi) is 10.8. The molecule has 1 aromatic rings. The lowest BCUT2D eigenvalue weighted by Gasteiger charge is -2.28. The van der Waals surface area contributed by atoms with Crippen molar-refractivity contribution in [3.05, 3.63) is 24.3 Å². The molecule has 2 rings (SSSR count). The lowest BCUT2D eigenvalue weighted by Crippen LogP contribution is -2.55. The van der Waals surface area contributed by atoms with Gasteiger partial charge in [-0.15, -0.1) is 11.8 Å². The highest BCUT2D eigenvalue weighted by Gasteiger charge is 2.35. The number of nitrogens with one attached hydrogen (secondary N) is 2. The van der Waals surface area contributed by atoms with Crippen molar-refractivity contribution in [3.63, 3.8) is 0 Å². The number of hydrogen-bond donors (Lipinski definition) is 2. The van der Waals surface area contributed by atoms with Crippen molar-refractivity contribution < 1.29 is 33.4 Å². The topological polar surface area (TPSA) is 123 Å². The first kappa shape index (κ1) is 30.4. The highest BCUT2D eigenvalue weighted by Crippen LogP contribution is 2.34. The van der Waals surface area contributed by atoms with Gasteiger partial charge in [-0.3, -0.25) is 24.6 Å². The molecule has 1 aromatic carbocycles. The van der Waals surface area contributed by atoms with Crippen LogP contribution in [0.2, 0.25) is 0 Å². The van der Waals surface area contributed by atoms with Crippen LogP contribution in [0.25, 0.3) is 0 Å². The molecule has 37 heavy (non-hydrogen) atoms. The molecule has 0 aliphatic carbocycles. The molecule has 0 saturated carbocycles. The Morgan fingerprint density at radius 2 is 1.73 bits per heavy atom. The van der Waals surface area contributed by atoms with Gasteiger partial charge in [-0.1, -0.05) is 12.1 Å². The van der Waals surface area contributed by atoms with Crippen LogP contribution in [0.15, 0.2) is 29.2 Å². The van der Waals surface area contributed by atoms with E-state index >= 15 is 0 Å². The van der Waals surface area contributed by atoms with Crippen molar-refractivity contribution >= 4 is 41.4 Å². The SMILES string of the molecule is CCOC(=O)C(CCNC(=O)OC(C)(C)C)NC1CSc2ccccc2N(CC(=O)OC(C)(C)C)C1=O. The van der Waals surface area contributed by atoms with Crippen LogP contribution in [0.3, 0.4) is 0 Å². The zero-order valence-electron chi connectivity index (χ0n) is 22.7. The lowest BCUT2D eigenvalue weighted by molar-refractivity contribution is -0.154. The van der Waals surface area contributed by atoms with Crippen molar-refractivity contribution in [1.82, 2.24) is 10.6 Å². The monoisotopic (exact) mass is 537 g/mol. The first-order chi connectivity index (χ1) is 17.2. The highest BCUT2D eigenvalue weighted by atomic mass is 32.2. The number of anilines is 1. The molecule has 0 fully saturated rings. The van der Waals surface area contributed by atoms with E-state index in [-0.39, 0.29) is 32.0 Å². The van der Waals surface area contributed by atoms with Gasteiger partial charge in [0.05, 0.1) is 18.3 Å². The molecule has 0 radical (unpaired) electrons. The maximum absolute atomic E-state index is 13.7. The molecule has 10 nitrogen and oxygen atoms in total. The zero-order chi connectivity index (χ0) is 27.8. The first-order valence-electron chi connectivity index (χ1n) is 12.3. The van der Waals surface area contributed by atoms with E-state index in [1.807, 2.05) is 12.1 Å². The van der Waals surface area contributed by atoms with E-state index in [1.165, 1.54) is 16.7 Å². The Morgan fingerprint density at radius 1 is 1.08 bits per heavy atom. The number of amides is 2. The molecule has 1 heterocycles. The Morgan fingerprint density at radius 3 is 2.35 bits per heavy atom. The van der Waals surface area contributed by atoms with E-state index in [0.717, 1.165) is 4.90 Å². The number of alkyl carbamates (subject to hydrolysis) is 1. The number of hydrogen-bond acceptors (Lipinski definition) is 9. The first-order valence-corrected chi connectivity index (χ1v) is 13.3. The number of thioether (sulfide) groups is 1. The van der Waals surface area contributed by atoms with E-state index in [4.69, 9.17) is 14.2 Å². The summed E-state index contributed by atoms with van der Waals surface area (Å²) in [6, 6.07) is 5.65. The summed E-state index contributed by atoms with van der Waals surface area (Å²) in [4.78, 5) is 53.3. The number of benzene rings is 1. The van der Waals surface area contributed by atoms with E-state index in [1.54, 1.807) is 60.6 Å². The van der Waals surface area contributed by atoms with Crippen LogP contribution in [0, 0.1) is 0 Å². The van der Waals surface area contributed by atoms with Crippen LogP contribution in [-0.4, -0.2) is 72.7 Å². The smallest absolute Gasteiger partial charge is 0.407 e. The van der Waals surface area contributed by atoms with Crippen LogP contribution >= 0.6 is 11.8 Å². The molecule has 206 valence electrons. The molecule has 2 atom stereocenters. The third-order valence-corrected chi connectivity index (χ3v) is 6.06. The van der Waals surface area contributed by atoms with Gasteiger partial charge in [-0.25, -0.2) is 4.79 Å². The molecule has 0 spiro atoms. The van der Waals surface area contributed by atoms with Gasteiger partial charge >= 0.3 is 18.0 Å². The standard InChI is InChI=1S/C26H39N3O7S/c1-8-34-23(32)17(13-14-27-24(33)36-26(5,6)7)28-18-16-37-20-12-10-9-11-19(20)29(22(18)31)15-21(30)35-25(2,3)4/h9-12,17-18,28H,8,13-16H2,1-7H3,(H,27,33). The molecule has 1 aliphatic rings. The number of para-hydroxylation sites is 1. The average molecular weight is 538 g/mol. The van der Waals surface area contributed by atoms with Crippen molar-refractivity contribution in [2.45, 2.75) is 83.1 Å². The molecule has 0 aromatic heterocycles. The van der Waals surface area contributed by atoms with Gasteiger partial charge in [0, 0.05) is 17.2 Å². The van der Waals surface area contributed by atoms with E-state index in [0.29, 0.717) is 11.4 Å². The quantitative estimate of drug-likeness (QED) is 0.361. The largest absolute Gasteiger partial charge is 0.465 e. The van der Waals surface area contributed by atoms with Gasteiger partial charge in [0.25, 0.3) is 0 Å². The second kappa shape index (κ2) is 13.1. The van der Waals surface area contributed by atoms with Gasteiger partial charge in [-0.05, 0) is 67.0 Å². The van der Waals surface area contributed by atoms with Gasteiger partial charge in [0.2, 0.25) is 5.91 Å². The minimum Gasteiger partial charge on any atom is -0.465 e. The fourth-order valence-corrected chi connectivity index (χ4v) is 4.61. The third-order valence-electron chi connectivity index (χ3n) is 4.91. The van der Waals surface area contributed by atoms with E-state index < -0.39 is 41.3 Å². The number of rotatable bonds is 9. The molecule has 1 aliphatic heterocycles. The lowest BCUT2D eigenvalue weighted by atomic mass is 10.1. The van der Waals surface area contributed by atoms with Crippen molar-refractivity contribution in [1.29, 1.82) is 0 Å². The molecular formula is C26H39N3O7S. The van der Waals surface area contributed by atoms with Crippen LogP contribution in [-0.2, 0) is 28.6 Å². The normalized spacial score (nSPS) is 16.8. The fourth-order valence-electron chi connectivity index (χ4n) is 3.53. The van der Waals surface area contributed by atoms with Gasteiger partial charge in [0.15, 0.2) is 0 Å². The van der Waals surface area contributed by atoms with E-state index in [9.17, 15) is 19.2 Å². The number of carbonyl (C=O) groups excluding carboxylic acids is 4. The molecule has 2 unspecified atom stereocenters. The number of nitrogens with zero attached hydrogens (tertiary/aromatic N) is 1. The number of esters is 2. The summed E-state index contributed by atoms with van der Waals surface area (Å²) in [7, 11) is 0. The third kappa shape index (κ3) is 10.2. The summed E-state index contributed by atoms with van der Waals surface area (Å²) in [5.41, 5.74) is -0.750. The second-order valence-corrected chi connectivity index (χ2v) is 11.6. The van der Waals surface area contributed by atoms with Crippen molar-refractivity contribution in [2.24, 2.45) is 0 Å². The fraction of sp³-hybridized carbons (Fsp3) is 0.615. The summed E-state index contributed by atoms with van der Waals surface area (Å²) in [6.07, 6.45) is -0.430. The highest BCUT2D eigenvalue weighted by molar-refractivity contribution is 7.99. The van der Waals surface area contributed by atoms with Crippen LogP contribution in [0.5, 0.6) is 0 Å². The minimum atomic E-state index is -0.867. The molecule has 0 saturated heterocycles. The molecule has 2 N–H and O–H groups in total. The second-order valence-electron chi connectivity index (χ2n) is 10.5. The Bertz CT molecular complexity index is 972. The number of carbonyl (C=O) groups is 4. The molecule has 2 amide bonds. The van der Waals surface area contributed by atoms with Crippen molar-refractivity contribution in [3.8, 4) is 0 Å². The van der Waals surface area contributed by atoms with Crippen LogP contribution in [0.1, 0.15) is 54.9 Å². The Balaban J connectivity index is 2.20. The summed E-state index contributed by atoms with van der Waals surface area (Å²) in [5.74, 6) is -1.11. The summed E-state index contributed by atoms with van der Waals surface area (Å²) < 4.78 is 15.9. The van der Waals surface area contributed by atoms with E-state index in [2.05, 4.69) is 10.6 Å². The Hall–Kier alpha value is -2.79. The maximum Gasteiger partial charge on any atom is 0.407 e. The zero-order valence-corrected chi connectivity index (χ0v) is 23.5. The predicted molar refractivity (Wildman–Crippen MR) is 142 cm³/mol. The van der Waals surface area contributed by atoms with Gasteiger partial charge < -0.3 is 19.5 Å². The molecular weight excluding hydrogens is 498 g/mol. The molecule has 0 bridgehead atoms. The minimum absolute atomic E-state index is 0.126. The number of ether oxygens (including phenoxy) is 3. The Labute approximate surface area is 223 Å². The maximum atomic E-state index is 13.7. The summed E-state index contributed by atoms with van der Waals surface area (Å²) >= 11 is 1.45. The van der Waals surface area contributed by atoms with Crippen LogP contribution in [0.4, 0.5) is 10.5 Å². The summed E-state index contributed by atoms with van der Waals surface area (Å²) in [6.45, 7) is 12.3. The van der Waals surface area contributed by atoms with Gasteiger partial charge in [-0.2, -0.15) is 0 Å².